The van der Waals surface area contributed by atoms with Crippen LogP contribution in [-0.2, 0) is 4.79 Å². The summed E-state index contributed by atoms with van der Waals surface area (Å²) in [6.45, 7) is 3.58. The summed E-state index contributed by atoms with van der Waals surface area (Å²) in [4.78, 5) is 10.5. The summed E-state index contributed by atoms with van der Waals surface area (Å²) in [6.07, 6.45) is -3.77. The molecule has 0 rings (SSSR count). The van der Waals surface area contributed by atoms with Gasteiger partial charge in [0.05, 0.1) is 0 Å². The van der Waals surface area contributed by atoms with Crippen LogP contribution in [0.5, 0.6) is 0 Å². The molecule has 0 aliphatic heterocycles. The second kappa shape index (κ2) is 4.48. The van der Waals surface area contributed by atoms with E-state index in [4.69, 9.17) is 0 Å². The molecule has 0 amide bonds. The fourth-order valence-electron chi connectivity index (χ4n) is 0.955. The minimum atomic E-state index is -4.65. The summed E-state index contributed by atoms with van der Waals surface area (Å²) in [5.41, 5.74) is 0. The summed E-state index contributed by atoms with van der Waals surface area (Å²) in [6, 6.07) is 0. The van der Waals surface area contributed by atoms with E-state index in [0.717, 1.165) is 0 Å². The van der Waals surface area contributed by atoms with Gasteiger partial charge in [-0.2, -0.15) is 13.2 Å². The lowest BCUT2D eigenvalue weighted by Gasteiger charge is -2.11. The molecule has 0 heterocycles. The number of rotatable bonds is 4. The number of halogens is 3. The molecule has 72 valence electrons. The number of hydrogen-bond acceptors (Lipinski definition) is 1. The molecule has 0 aliphatic carbocycles. The molecule has 0 aromatic carbocycles. The average molecular weight is 182 g/mol. The molecule has 0 spiro atoms. The van der Waals surface area contributed by atoms with Gasteiger partial charge in [-0.3, -0.25) is 4.79 Å². The summed E-state index contributed by atoms with van der Waals surface area (Å²) in [7, 11) is 0. The van der Waals surface area contributed by atoms with Crippen LogP contribution in [0.25, 0.3) is 0 Å². The van der Waals surface area contributed by atoms with Crippen LogP contribution in [0.4, 0.5) is 13.2 Å². The molecule has 0 fully saturated rings. The van der Waals surface area contributed by atoms with Crippen LogP contribution in [-0.4, -0.2) is 12.0 Å². The van der Waals surface area contributed by atoms with Crippen molar-refractivity contribution in [1.29, 1.82) is 0 Å². The third kappa shape index (κ3) is 3.74. The van der Waals surface area contributed by atoms with Gasteiger partial charge in [-0.25, -0.2) is 0 Å². The van der Waals surface area contributed by atoms with Crippen LogP contribution < -0.4 is 0 Å². The lowest BCUT2D eigenvalue weighted by Crippen LogP contribution is -2.24. The Morgan fingerprint density at radius 3 is 1.92 bits per heavy atom. The molecule has 0 N–H and O–H groups in total. The van der Waals surface area contributed by atoms with Crippen molar-refractivity contribution < 1.29 is 18.0 Å². The van der Waals surface area contributed by atoms with Gasteiger partial charge in [0.25, 0.3) is 0 Å². The maximum Gasteiger partial charge on any atom is 0.449 e. The second-order valence-electron chi connectivity index (χ2n) is 2.81. The highest BCUT2D eigenvalue weighted by atomic mass is 19.4. The molecular formula is C8H13F3O. The highest BCUT2D eigenvalue weighted by molar-refractivity contribution is 5.84. The zero-order valence-electron chi connectivity index (χ0n) is 7.24. The highest BCUT2D eigenvalue weighted by Gasteiger charge is 2.38. The Morgan fingerprint density at radius 2 is 1.67 bits per heavy atom. The van der Waals surface area contributed by atoms with Crippen LogP contribution in [0, 0.1) is 5.92 Å². The van der Waals surface area contributed by atoms with Crippen molar-refractivity contribution >= 4 is 5.78 Å². The zero-order valence-corrected chi connectivity index (χ0v) is 7.24. The Bertz CT molecular complexity index is 147. The van der Waals surface area contributed by atoms with Gasteiger partial charge in [0.2, 0.25) is 5.78 Å². The molecule has 0 aromatic heterocycles. The van der Waals surface area contributed by atoms with Crippen molar-refractivity contribution in [2.75, 3.05) is 0 Å². The quantitative estimate of drug-likeness (QED) is 0.653. The van der Waals surface area contributed by atoms with E-state index in [1.165, 1.54) is 0 Å². The number of Topliss-reactive ketones (excluding diaryl/α,β-unsaturated/α-hetero) is 1. The van der Waals surface area contributed by atoms with Crippen LogP contribution in [0.2, 0.25) is 0 Å². The Morgan fingerprint density at radius 1 is 1.25 bits per heavy atom. The molecule has 0 saturated heterocycles. The van der Waals surface area contributed by atoms with E-state index in [2.05, 4.69) is 0 Å². The maximum absolute atomic E-state index is 11.7. The number of alkyl halides is 3. The van der Waals surface area contributed by atoms with Crippen LogP contribution >= 0.6 is 0 Å². The minimum absolute atomic E-state index is 0.126. The predicted octanol–water partition coefficient (Wildman–Crippen LogP) is 2.94. The summed E-state index contributed by atoms with van der Waals surface area (Å²) in [5, 5.41) is 0. The Balaban J connectivity index is 3.99. The van der Waals surface area contributed by atoms with Crippen LogP contribution in [0.1, 0.15) is 33.1 Å². The molecule has 4 heteroatoms. The van der Waals surface area contributed by atoms with E-state index in [1.54, 1.807) is 13.8 Å². The molecular weight excluding hydrogens is 169 g/mol. The van der Waals surface area contributed by atoms with Gasteiger partial charge in [-0.05, 0) is 5.92 Å². The van der Waals surface area contributed by atoms with Gasteiger partial charge in [-0.1, -0.05) is 26.7 Å². The fourth-order valence-corrected chi connectivity index (χ4v) is 0.955. The number of carbonyl (C=O) groups excluding carboxylic acids is 1. The standard InChI is InChI=1S/C8H13F3O/c1-3-6(4-2)5-7(12)8(9,10)11/h6H,3-5H2,1-2H3. The molecule has 0 aliphatic rings. The van der Waals surface area contributed by atoms with Crippen molar-refractivity contribution in [2.24, 2.45) is 5.92 Å². The summed E-state index contributed by atoms with van der Waals surface area (Å²) in [5.74, 6) is -1.73. The van der Waals surface area contributed by atoms with E-state index < -0.39 is 12.0 Å². The number of ketones is 1. The average Bonchev–Trinajstić information content (AvgIpc) is 1.97. The SMILES string of the molecule is CCC(CC)CC(=O)C(F)(F)F. The lowest BCUT2D eigenvalue weighted by atomic mass is 9.97. The lowest BCUT2D eigenvalue weighted by molar-refractivity contribution is -0.172. The maximum atomic E-state index is 11.7. The minimum Gasteiger partial charge on any atom is -0.290 e. The summed E-state index contributed by atoms with van der Waals surface area (Å²) < 4.78 is 35.2. The second-order valence-corrected chi connectivity index (χ2v) is 2.81. The molecule has 0 atom stereocenters. The van der Waals surface area contributed by atoms with E-state index in [0.29, 0.717) is 12.8 Å². The first-order chi connectivity index (χ1) is 5.41. The van der Waals surface area contributed by atoms with Gasteiger partial charge >= 0.3 is 6.18 Å². The molecule has 0 bridgehead atoms. The van der Waals surface area contributed by atoms with E-state index in [9.17, 15) is 18.0 Å². The van der Waals surface area contributed by atoms with Crippen molar-refractivity contribution in [3.63, 3.8) is 0 Å². The third-order valence-corrected chi connectivity index (χ3v) is 1.94. The Kier molecular flexibility index (Phi) is 4.28. The van der Waals surface area contributed by atoms with Crippen molar-refractivity contribution in [1.82, 2.24) is 0 Å². The van der Waals surface area contributed by atoms with Crippen molar-refractivity contribution in [3.05, 3.63) is 0 Å². The van der Waals surface area contributed by atoms with Gasteiger partial charge in [0.1, 0.15) is 0 Å². The van der Waals surface area contributed by atoms with E-state index in [-0.39, 0.29) is 12.3 Å². The van der Waals surface area contributed by atoms with Crippen molar-refractivity contribution in [3.8, 4) is 0 Å². The molecule has 0 unspecified atom stereocenters. The Labute approximate surface area is 70.0 Å². The molecule has 0 saturated carbocycles. The predicted molar refractivity (Wildman–Crippen MR) is 39.8 cm³/mol. The normalized spacial score (nSPS) is 12.2. The van der Waals surface area contributed by atoms with Crippen molar-refractivity contribution in [2.45, 2.75) is 39.3 Å². The topological polar surface area (TPSA) is 17.1 Å². The first kappa shape index (κ1) is 11.5. The Hall–Kier alpha value is -0.540. The van der Waals surface area contributed by atoms with Gasteiger partial charge < -0.3 is 0 Å². The molecule has 0 radical (unpaired) electrons. The van der Waals surface area contributed by atoms with Crippen LogP contribution in [0.3, 0.4) is 0 Å². The zero-order chi connectivity index (χ0) is 9.78. The van der Waals surface area contributed by atoms with Gasteiger partial charge in [-0.15, -0.1) is 0 Å². The highest BCUT2D eigenvalue weighted by Crippen LogP contribution is 2.23. The fraction of sp³-hybridized carbons (Fsp3) is 0.875. The van der Waals surface area contributed by atoms with E-state index in [1.807, 2.05) is 0 Å². The monoisotopic (exact) mass is 182 g/mol. The molecule has 12 heavy (non-hydrogen) atoms. The first-order valence-corrected chi connectivity index (χ1v) is 4.01. The number of hydrogen-bond donors (Lipinski definition) is 0. The first-order valence-electron chi connectivity index (χ1n) is 4.01. The smallest absolute Gasteiger partial charge is 0.290 e. The summed E-state index contributed by atoms with van der Waals surface area (Å²) >= 11 is 0. The molecule has 0 aromatic rings. The molecule has 1 nitrogen and oxygen atoms in total. The largest absolute Gasteiger partial charge is 0.449 e. The van der Waals surface area contributed by atoms with E-state index >= 15 is 0 Å². The number of carbonyl (C=O) groups is 1. The van der Waals surface area contributed by atoms with Crippen LogP contribution in [0.15, 0.2) is 0 Å². The van der Waals surface area contributed by atoms with Gasteiger partial charge in [0, 0.05) is 6.42 Å². The third-order valence-electron chi connectivity index (χ3n) is 1.94. The van der Waals surface area contributed by atoms with Gasteiger partial charge in [0.15, 0.2) is 0 Å².